The minimum atomic E-state index is -1.22. The zero-order valence-electron chi connectivity index (χ0n) is 23.8. The summed E-state index contributed by atoms with van der Waals surface area (Å²) >= 11 is 0. The Morgan fingerprint density at radius 3 is 2.22 bits per heavy atom. The van der Waals surface area contributed by atoms with Crippen LogP contribution in [0.15, 0.2) is 11.6 Å². The molecule has 0 saturated heterocycles. The molecule has 4 fully saturated rings. The van der Waals surface area contributed by atoms with Crippen molar-refractivity contribution in [1.29, 1.82) is 0 Å². The molecule has 0 bridgehead atoms. The maximum absolute atomic E-state index is 14.3. The molecule has 2 N–H and O–H groups in total. The summed E-state index contributed by atoms with van der Waals surface area (Å²) < 4.78 is 5.18. The van der Waals surface area contributed by atoms with Gasteiger partial charge in [0.15, 0.2) is 5.78 Å². The van der Waals surface area contributed by atoms with Gasteiger partial charge in [-0.3, -0.25) is 9.59 Å². The van der Waals surface area contributed by atoms with Crippen molar-refractivity contribution >= 4 is 11.8 Å². The Hall–Kier alpha value is -1.20. The number of hydrogen-bond acceptors (Lipinski definition) is 5. The molecule has 0 aromatic carbocycles. The topological polar surface area (TPSA) is 83.8 Å². The second kappa shape index (κ2) is 7.46. The Balaban J connectivity index is 1.65. The Bertz CT molecular complexity index is 1030. The first-order chi connectivity index (χ1) is 16.5. The lowest BCUT2D eigenvalue weighted by Gasteiger charge is -2.71. The molecular weight excluding hydrogens is 452 g/mol. The van der Waals surface area contributed by atoms with Crippen LogP contribution in [-0.2, 0) is 14.3 Å². The summed E-state index contributed by atoms with van der Waals surface area (Å²) in [7, 11) is 1.42. The van der Waals surface area contributed by atoms with Gasteiger partial charge in [-0.1, -0.05) is 41.5 Å². The van der Waals surface area contributed by atoms with Gasteiger partial charge in [-0.15, -0.1) is 0 Å². The number of rotatable bonds is 1. The van der Waals surface area contributed by atoms with Crippen LogP contribution >= 0.6 is 0 Å². The molecule has 0 heterocycles. The molecule has 5 nitrogen and oxygen atoms in total. The monoisotopic (exact) mass is 500 g/mol. The Morgan fingerprint density at radius 1 is 0.944 bits per heavy atom. The van der Waals surface area contributed by atoms with Crippen LogP contribution < -0.4 is 0 Å². The predicted octanol–water partition coefficient (Wildman–Crippen LogP) is 5.62. The van der Waals surface area contributed by atoms with Gasteiger partial charge in [-0.25, -0.2) is 0 Å². The summed E-state index contributed by atoms with van der Waals surface area (Å²) in [5, 5.41) is 23.6. The van der Waals surface area contributed by atoms with Gasteiger partial charge >= 0.3 is 5.97 Å². The largest absolute Gasteiger partial charge is 0.469 e. The van der Waals surface area contributed by atoms with E-state index < -0.39 is 11.0 Å². The molecule has 0 aromatic heterocycles. The van der Waals surface area contributed by atoms with E-state index in [0.717, 1.165) is 50.5 Å². The van der Waals surface area contributed by atoms with E-state index >= 15 is 0 Å². The highest BCUT2D eigenvalue weighted by atomic mass is 16.5. The van der Waals surface area contributed by atoms with Crippen molar-refractivity contribution in [3.05, 3.63) is 11.6 Å². The first-order valence-electron chi connectivity index (χ1n) is 14.2. The van der Waals surface area contributed by atoms with Gasteiger partial charge in [0.25, 0.3) is 0 Å². The van der Waals surface area contributed by atoms with Gasteiger partial charge in [0.05, 0.1) is 24.2 Å². The maximum atomic E-state index is 14.3. The highest BCUT2D eigenvalue weighted by molar-refractivity contribution is 5.96. The molecule has 36 heavy (non-hydrogen) atoms. The number of ether oxygens (including phenoxy) is 1. The molecule has 9 atom stereocenters. The van der Waals surface area contributed by atoms with Crippen LogP contribution in [0.4, 0.5) is 0 Å². The molecule has 0 amide bonds. The van der Waals surface area contributed by atoms with Crippen LogP contribution in [0, 0.1) is 44.3 Å². The van der Waals surface area contributed by atoms with E-state index in [4.69, 9.17) is 4.74 Å². The van der Waals surface area contributed by atoms with Crippen molar-refractivity contribution in [3.63, 3.8) is 0 Å². The van der Waals surface area contributed by atoms with E-state index in [1.165, 1.54) is 7.11 Å². The highest BCUT2D eigenvalue weighted by Gasteiger charge is 2.73. The van der Waals surface area contributed by atoms with Gasteiger partial charge in [-0.2, -0.15) is 0 Å². The number of carbonyl (C=O) groups excluding carboxylic acids is 2. The lowest BCUT2D eigenvalue weighted by Crippen LogP contribution is -2.70. The second-order valence-corrected chi connectivity index (χ2v) is 15.3. The number of aliphatic hydroxyl groups is 2. The van der Waals surface area contributed by atoms with Gasteiger partial charge in [0, 0.05) is 11.3 Å². The highest BCUT2D eigenvalue weighted by Crippen LogP contribution is 2.75. The first-order valence-corrected chi connectivity index (χ1v) is 14.2. The van der Waals surface area contributed by atoms with Gasteiger partial charge in [0.1, 0.15) is 0 Å². The molecule has 5 rings (SSSR count). The summed E-state index contributed by atoms with van der Waals surface area (Å²) in [5.41, 5.74) is -2.51. The number of allylic oxidation sites excluding steroid dienone is 1. The van der Waals surface area contributed by atoms with Crippen LogP contribution in [0.2, 0.25) is 0 Å². The van der Waals surface area contributed by atoms with Crippen molar-refractivity contribution in [2.45, 2.75) is 118 Å². The zero-order valence-corrected chi connectivity index (χ0v) is 23.8. The minimum Gasteiger partial charge on any atom is -0.469 e. The first kappa shape index (κ1) is 26.4. The number of fused-ring (bicyclic) bond motifs is 7. The van der Waals surface area contributed by atoms with E-state index in [-0.39, 0.29) is 56.8 Å². The molecule has 0 aliphatic heterocycles. The van der Waals surface area contributed by atoms with Gasteiger partial charge < -0.3 is 14.9 Å². The van der Waals surface area contributed by atoms with Crippen LogP contribution in [0.1, 0.15) is 106 Å². The predicted molar refractivity (Wildman–Crippen MR) is 139 cm³/mol. The standard InChI is InChI=1S/C31H48O5/c1-25(2)20-9-12-30(7)23(28(20,5)11-10-22(25)33)19(32)17-21-29(30,6)16-15-27(4)14-13-26(3,24(34)36-8)18-31(21,27)35/h17,20,22-23,33,35H,9-16,18H2,1-8H3/t20?,22-,23?,26-,27+,28-,29?,30+,31?/m0/s1. The quantitative estimate of drug-likeness (QED) is 0.457. The number of aliphatic hydroxyl groups excluding tert-OH is 1. The molecule has 0 radical (unpaired) electrons. The average Bonchev–Trinajstić information content (AvgIpc) is 2.79. The molecular formula is C31H48O5. The van der Waals surface area contributed by atoms with E-state index in [9.17, 15) is 19.8 Å². The van der Waals surface area contributed by atoms with Crippen LogP contribution in [0.5, 0.6) is 0 Å². The summed E-state index contributed by atoms with van der Waals surface area (Å²) in [4.78, 5) is 27.2. The smallest absolute Gasteiger partial charge is 0.311 e. The summed E-state index contributed by atoms with van der Waals surface area (Å²) in [6, 6.07) is 0. The molecule has 0 spiro atoms. The zero-order chi connectivity index (χ0) is 26.7. The lowest BCUT2D eigenvalue weighted by atomic mass is 9.33. The molecule has 5 aliphatic rings. The fraction of sp³-hybridized carbons (Fsp3) is 0.871. The number of esters is 1. The van der Waals surface area contributed by atoms with Crippen molar-refractivity contribution in [1.82, 2.24) is 0 Å². The Labute approximate surface area is 217 Å². The van der Waals surface area contributed by atoms with Gasteiger partial charge in [0.2, 0.25) is 0 Å². The maximum Gasteiger partial charge on any atom is 0.311 e. The third-order valence-corrected chi connectivity index (χ3v) is 13.4. The fourth-order valence-electron chi connectivity index (χ4n) is 10.7. The fourth-order valence-corrected chi connectivity index (χ4v) is 10.7. The van der Waals surface area contributed by atoms with Crippen molar-refractivity contribution in [2.75, 3.05) is 7.11 Å². The number of hydrogen-bond donors (Lipinski definition) is 2. The molecule has 4 saturated carbocycles. The Morgan fingerprint density at radius 2 is 1.58 bits per heavy atom. The van der Waals surface area contributed by atoms with E-state index in [2.05, 4.69) is 41.5 Å². The van der Waals surface area contributed by atoms with E-state index in [0.29, 0.717) is 12.8 Å². The molecule has 0 aromatic rings. The molecule has 5 aliphatic carbocycles. The molecule has 4 unspecified atom stereocenters. The number of methoxy groups -OCH3 is 1. The lowest BCUT2D eigenvalue weighted by molar-refractivity contribution is -0.219. The van der Waals surface area contributed by atoms with Crippen LogP contribution in [0.3, 0.4) is 0 Å². The van der Waals surface area contributed by atoms with Crippen molar-refractivity contribution in [2.24, 2.45) is 44.3 Å². The van der Waals surface area contributed by atoms with E-state index in [1.807, 2.05) is 13.0 Å². The summed E-state index contributed by atoms with van der Waals surface area (Å²) in [6.45, 7) is 15.4. The third kappa shape index (κ3) is 2.91. The number of carbonyl (C=O) groups is 2. The van der Waals surface area contributed by atoms with Crippen molar-refractivity contribution < 1.29 is 24.5 Å². The Kier molecular flexibility index (Phi) is 5.48. The molecule has 5 heteroatoms. The van der Waals surface area contributed by atoms with Gasteiger partial charge in [-0.05, 0) is 104 Å². The second-order valence-electron chi connectivity index (χ2n) is 15.3. The number of ketones is 1. The summed E-state index contributed by atoms with van der Waals surface area (Å²) in [6.07, 6.45) is 8.53. The normalized spacial score (nSPS) is 53.8. The molecule has 202 valence electrons. The average molecular weight is 501 g/mol. The van der Waals surface area contributed by atoms with Crippen LogP contribution in [0.25, 0.3) is 0 Å². The minimum absolute atomic E-state index is 0.132. The SMILES string of the molecule is COC(=O)[C@@]1(C)CC[C@]2(C)CCC3(C)C(=CC(=O)C4[C@@]5(C)CC[C@H](O)C(C)(C)C5CC[C@]43C)C2(O)C1. The van der Waals surface area contributed by atoms with Crippen LogP contribution in [-0.4, -0.2) is 40.8 Å². The van der Waals surface area contributed by atoms with Crippen molar-refractivity contribution in [3.8, 4) is 0 Å². The van der Waals surface area contributed by atoms with E-state index in [1.54, 1.807) is 0 Å². The summed E-state index contributed by atoms with van der Waals surface area (Å²) in [5.74, 6) is 0.0249. The third-order valence-electron chi connectivity index (χ3n) is 13.4.